The van der Waals surface area contributed by atoms with Crippen LogP contribution >= 0.6 is 22.7 Å². The molecule has 5 rings (SSSR count). The Morgan fingerprint density at radius 2 is 1.86 bits per heavy atom. The zero-order valence-electron chi connectivity index (χ0n) is 20.5. The number of hydrogen-bond donors (Lipinski definition) is 1. The van der Waals surface area contributed by atoms with Crippen molar-refractivity contribution in [3.05, 3.63) is 74.6 Å². The van der Waals surface area contributed by atoms with Crippen LogP contribution in [0, 0.1) is 6.92 Å². The average Bonchev–Trinajstić information content (AvgIpc) is 3.64. The summed E-state index contributed by atoms with van der Waals surface area (Å²) in [6, 6.07) is 12.4. The summed E-state index contributed by atoms with van der Waals surface area (Å²) in [7, 11) is 0. The van der Waals surface area contributed by atoms with Crippen molar-refractivity contribution in [2.24, 2.45) is 0 Å². The van der Waals surface area contributed by atoms with E-state index in [1.807, 2.05) is 47.8 Å². The highest BCUT2D eigenvalue weighted by Gasteiger charge is 2.48. The van der Waals surface area contributed by atoms with Crippen LogP contribution in [0.4, 0.5) is 4.79 Å². The zero-order valence-corrected chi connectivity index (χ0v) is 22.2. The quantitative estimate of drug-likeness (QED) is 0.424. The standard InChI is InChI=1S/C27H27N3O5S2/c1-3-35-27(34)29-13-11-18(12-14-29)30-21(19-10-7-15-36-19)20(23(32)26(30)33)22(31)24-16(2)28-25(37-24)17-8-5-4-6-9-17/h4-10,15,18,21,32H,3,11-14H2,1-2H3. The summed E-state index contributed by atoms with van der Waals surface area (Å²) in [5.41, 5.74) is 1.56. The van der Waals surface area contributed by atoms with Gasteiger partial charge in [0.1, 0.15) is 5.01 Å². The number of piperidine rings is 1. The van der Waals surface area contributed by atoms with E-state index in [4.69, 9.17) is 4.74 Å². The van der Waals surface area contributed by atoms with Crippen LogP contribution in [-0.4, -0.2) is 63.4 Å². The van der Waals surface area contributed by atoms with Crippen LogP contribution in [-0.2, 0) is 9.53 Å². The Balaban J connectivity index is 1.46. The molecule has 0 radical (unpaired) electrons. The fraction of sp³-hybridized carbons (Fsp3) is 0.333. The molecule has 0 bridgehead atoms. The Morgan fingerprint density at radius 1 is 1.14 bits per heavy atom. The van der Waals surface area contributed by atoms with E-state index in [1.165, 1.54) is 22.7 Å². The van der Waals surface area contributed by atoms with E-state index in [-0.39, 0.29) is 23.5 Å². The van der Waals surface area contributed by atoms with Crippen LogP contribution < -0.4 is 0 Å². The highest BCUT2D eigenvalue weighted by atomic mass is 32.1. The van der Waals surface area contributed by atoms with E-state index in [0.717, 1.165) is 10.4 Å². The number of benzene rings is 1. The van der Waals surface area contributed by atoms with Crippen LogP contribution in [0.25, 0.3) is 10.6 Å². The summed E-state index contributed by atoms with van der Waals surface area (Å²) in [5.74, 6) is -1.44. The molecule has 1 fully saturated rings. The lowest BCUT2D eigenvalue weighted by Crippen LogP contribution is -2.48. The average molecular weight is 538 g/mol. The molecular weight excluding hydrogens is 510 g/mol. The maximum Gasteiger partial charge on any atom is 0.409 e. The normalized spacial score (nSPS) is 18.5. The number of thiazole rings is 1. The van der Waals surface area contributed by atoms with Crippen molar-refractivity contribution in [3.63, 3.8) is 0 Å². The third-order valence-corrected chi connectivity index (χ3v) is 8.84. The number of rotatable bonds is 6. The van der Waals surface area contributed by atoms with Gasteiger partial charge in [0.2, 0.25) is 5.78 Å². The maximum atomic E-state index is 13.9. The fourth-order valence-corrected chi connectivity index (χ4v) is 6.79. The molecule has 1 saturated heterocycles. The first-order valence-electron chi connectivity index (χ1n) is 12.2. The summed E-state index contributed by atoms with van der Waals surface area (Å²) in [6.07, 6.45) is 0.688. The third-order valence-electron chi connectivity index (χ3n) is 6.71. The molecule has 3 aromatic rings. The van der Waals surface area contributed by atoms with Gasteiger partial charge in [0.25, 0.3) is 5.91 Å². The van der Waals surface area contributed by atoms with Gasteiger partial charge in [-0.3, -0.25) is 9.59 Å². The first-order valence-corrected chi connectivity index (χ1v) is 13.9. The molecule has 2 aliphatic heterocycles. The van der Waals surface area contributed by atoms with Gasteiger partial charge in [-0.25, -0.2) is 9.78 Å². The summed E-state index contributed by atoms with van der Waals surface area (Å²) >= 11 is 2.70. The number of hydrogen-bond acceptors (Lipinski definition) is 8. The Kier molecular flexibility index (Phi) is 7.12. The molecule has 0 saturated carbocycles. The summed E-state index contributed by atoms with van der Waals surface area (Å²) in [4.78, 5) is 48.6. The predicted molar refractivity (Wildman–Crippen MR) is 142 cm³/mol. The van der Waals surface area contributed by atoms with Crippen molar-refractivity contribution < 1.29 is 24.2 Å². The molecule has 1 atom stereocenters. The number of aliphatic hydroxyl groups excluding tert-OH is 1. The van der Waals surface area contributed by atoms with Crippen molar-refractivity contribution in [1.82, 2.24) is 14.8 Å². The Bertz CT molecular complexity index is 1340. The molecule has 10 heteroatoms. The number of nitrogens with zero attached hydrogens (tertiary/aromatic N) is 3. The monoisotopic (exact) mass is 537 g/mol. The van der Waals surface area contributed by atoms with Crippen LogP contribution in [0.5, 0.6) is 0 Å². The number of carbonyl (C=O) groups excluding carboxylic acids is 3. The number of Topliss-reactive ketones (excluding diaryl/α,β-unsaturated/α-hetero) is 1. The van der Waals surface area contributed by atoms with Gasteiger partial charge in [0.15, 0.2) is 5.76 Å². The van der Waals surface area contributed by atoms with Crippen molar-refractivity contribution >= 4 is 40.5 Å². The lowest BCUT2D eigenvalue weighted by molar-refractivity contribution is -0.132. The minimum Gasteiger partial charge on any atom is -0.503 e. The number of carbonyl (C=O) groups is 3. The maximum absolute atomic E-state index is 13.9. The highest BCUT2D eigenvalue weighted by molar-refractivity contribution is 7.17. The van der Waals surface area contributed by atoms with Gasteiger partial charge in [-0.05, 0) is 38.1 Å². The van der Waals surface area contributed by atoms with Gasteiger partial charge in [0, 0.05) is 29.6 Å². The first kappa shape index (κ1) is 25.2. The molecule has 0 aliphatic carbocycles. The molecule has 0 spiro atoms. The SMILES string of the molecule is CCOC(=O)N1CCC(N2C(=O)C(O)=C(C(=O)c3sc(-c4ccccc4)nc3C)C2c2cccs2)CC1. The molecule has 1 N–H and O–H groups in total. The number of likely N-dealkylation sites (tertiary alicyclic amines) is 1. The van der Waals surface area contributed by atoms with Crippen molar-refractivity contribution in [1.29, 1.82) is 0 Å². The van der Waals surface area contributed by atoms with Crippen LogP contribution in [0.15, 0.2) is 59.2 Å². The Hall–Kier alpha value is -3.50. The van der Waals surface area contributed by atoms with E-state index in [2.05, 4.69) is 4.98 Å². The van der Waals surface area contributed by atoms with Crippen LogP contribution in [0.1, 0.15) is 46.0 Å². The van der Waals surface area contributed by atoms with Crippen molar-refractivity contribution in [2.45, 2.75) is 38.8 Å². The number of aromatic nitrogens is 1. The fourth-order valence-electron chi connectivity index (χ4n) is 4.93. The van der Waals surface area contributed by atoms with Gasteiger partial charge in [-0.2, -0.15) is 0 Å². The number of ether oxygens (including phenoxy) is 1. The molecule has 37 heavy (non-hydrogen) atoms. The second kappa shape index (κ2) is 10.5. The minimum atomic E-state index is -0.694. The van der Waals surface area contributed by atoms with Gasteiger partial charge in [-0.1, -0.05) is 36.4 Å². The Morgan fingerprint density at radius 3 is 2.51 bits per heavy atom. The van der Waals surface area contributed by atoms with E-state index >= 15 is 0 Å². The number of aliphatic hydroxyl groups is 1. The topological polar surface area (TPSA) is 100 Å². The van der Waals surface area contributed by atoms with Gasteiger partial charge in [0.05, 0.1) is 28.8 Å². The second-order valence-electron chi connectivity index (χ2n) is 8.94. The molecule has 192 valence electrons. The van der Waals surface area contributed by atoms with Crippen molar-refractivity contribution in [3.8, 4) is 10.6 Å². The smallest absolute Gasteiger partial charge is 0.409 e. The molecular formula is C27H27N3O5S2. The number of ketones is 1. The van der Waals surface area contributed by atoms with Gasteiger partial charge < -0.3 is 19.6 Å². The van der Waals surface area contributed by atoms with Gasteiger partial charge >= 0.3 is 6.09 Å². The summed E-state index contributed by atoms with van der Waals surface area (Å²) in [5, 5.41) is 13.7. The summed E-state index contributed by atoms with van der Waals surface area (Å²) < 4.78 is 5.11. The molecule has 4 heterocycles. The summed E-state index contributed by atoms with van der Waals surface area (Å²) in [6.45, 7) is 4.70. The molecule has 1 unspecified atom stereocenters. The van der Waals surface area contributed by atoms with Crippen LogP contribution in [0.2, 0.25) is 0 Å². The van der Waals surface area contributed by atoms with E-state index in [0.29, 0.717) is 48.1 Å². The third kappa shape index (κ3) is 4.67. The number of aryl methyl sites for hydroxylation is 1. The minimum absolute atomic E-state index is 0.0895. The molecule has 8 nitrogen and oxygen atoms in total. The molecule has 2 aliphatic rings. The zero-order chi connectivity index (χ0) is 26.1. The van der Waals surface area contributed by atoms with E-state index in [9.17, 15) is 19.5 Å². The van der Waals surface area contributed by atoms with Crippen LogP contribution in [0.3, 0.4) is 0 Å². The second-order valence-corrected chi connectivity index (χ2v) is 10.9. The predicted octanol–water partition coefficient (Wildman–Crippen LogP) is 5.38. The molecule has 2 amide bonds. The molecule has 2 aromatic heterocycles. The Labute approximate surface area is 222 Å². The first-order chi connectivity index (χ1) is 17.9. The van der Waals surface area contributed by atoms with E-state index < -0.39 is 17.7 Å². The largest absolute Gasteiger partial charge is 0.503 e. The number of amides is 2. The number of thiophene rings is 1. The lowest BCUT2D eigenvalue weighted by atomic mass is 9.97. The molecule has 1 aromatic carbocycles. The highest BCUT2D eigenvalue weighted by Crippen LogP contribution is 2.44. The lowest BCUT2D eigenvalue weighted by Gasteiger charge is -2.39. The van der Waals surface area contributed by atoms with Gasteiger partial charge in [-0.15, -0.1) is 22.7 Å². The van der Waals surface area contributed by atoms with E-state index in [1.54, 1.807) is 23.6 Å². The van der Waals surface area contributed by atoms with Crippen molar-refractivity contribution in [2.75, 3.05) is 19.7 Å².